The number of benzene rings is 2. The fraction of sp³-hybridized carbons (Fsp3) is 0.167. The Balaban J connectivity index is 1.94. The molecule has 0 saturated heterocycles. The zero-order valence-electron chi connectivity index (χ0n) is 14.1. The molecule has 0 bridgehead atoms. The van der Waals surface area contributed by atoms with E-state index in [0.717, 1.165) is 0 Å². The molecule has 0 aromatic heterocycles. The van der Waals surface area contributed by atoms with Gasteiger partial charge < -0.3 is 5.32 Å². The minimum Gasteiger partial charge on any atom is -0.321 e. The Hall–Kier alpha value is -3.00. The monoisotopic (exact) mass is 372 g/mol. The molecule has 3 rings (SSSR count). The SMILES string of the molecule is CC(C)S(=O)(=O)c1cccc(C(=O)Nc2cccc3c2C(=O)NC3=O)c1. The van der Waals surface area contributed by atoms with Gasteiger partial charge in [-0.15, -0.1) is 0 Å². The molecule has 3 amide bonds. The Morgan fingerprint density at radius 2 is 1.73 bits per heavy atom. The van der Waals surface area contributed by atoms with Crippen molar-refractivity contribution in [1.82, 2.24) is 5.32 Å². The predicted molar refractivity (Wildman–Crippen MR) is 95.0 cm³/mol. The summed E-state index contributed by atoms with van der Waals surface area (Å²) >= 11 is 0. The van der Waals surface area contributed by atoms with Crippen LogP contribution >= 0.6 is 0 Å². The minimum absolute atomic E-state index is 0.0476. The van der Waals surface area contributed by atoms with Crippen molar-refractivity contribution in [2.75, 3.05) is 5.32 Å². The van der Waals surface area contributed by atoms with Gasteiger partial charge in [0.05, 0.1) is 27.0 Å². The number of rotatable bonds is 4. The number of amides is 3. The van der Waals surface area contributed by atoms with Crippen LogP contribution < -0.4 is 10.6 Å². The molecule has 1 aliphatic rings. The van der Waals surface area contributed by atoms with Crippen LogP contribution in [0.25, 0.3) is 0 Å². The molecule has 8 heteroatoms. The summed E-state index contributed by atoms with van der Waals surface area (Å²) in [4.78, 5) is 36.2. The van der Waals surface area contributed by atoms with Gasteiger partial charge in [0.1, 0.15) is 0 Å². The first-order valence-electron chi connectivity index (χ1n) is 7.86. The first-order valence-corrected chi connectivity index (χ1v) is 9.40. The fourth-order valence-electron chi connectivity index (χ4n) is 2.60. The summed E-state index contributed by atoms with van der Waals surface area (Å²) in [6.45, 7) is 3.12. The van der Waals surface area contributed by atoms with Crippen LogP contribution in [0.4, 0.5) is 5.69 Å². The van der Waals surface area contributed by atoms with Crippen molar-refractivity contribution in [3.05, 3.63) is 59.2 Å². The van der Waals surface area contributed by atoms with E-state index in [1.54, 1.807) is 19.9 Å². The van der Waals surface area contributed by atoms with Gasteiger partial charge in [-0.2, -0.15) is 0 Å². The van der Waals surface area contributed by atoms with Gasteiger partial charge in [-0.25, -0.2) is 8.42 Å². The van der Waals surface area contributed by atoms with Crippen LogP contribution in [0, 0.1) is 0 Å². The van der Waals surface area contributed by atoms with E-state index in [2.05, 4.69) is 10.6 Å². The number of anilines is 1. The van der Waals surface area contributed by atoms with Crippen molar-refractivity contribution >= 4 is 33.2 Å². The van der Waals surface area contributed by atoms with Gasteiger partial charge in [-0.1, -0.05) is 12.1 Å². The lowest BCUT2D eigenvalue weighted by atomic mass is 10.1. The summed E-state index contributed by atoms with van der Waals surface area (Å²) in [6, 6.07) is 10.2. The maximum atomic E-state index is 12.5. The third-order valence-corrected chi connectivity index (χ3v) is 6.21. The predicted octanol–water partition coefficient (Wildman–Crippen LogP) is 2.00. The lowest BCUT2D eigenvalue weighted by Gasteiger charge is -2.11. The van der Waals surface area contributed by atoms with Gasteiger partial charge >= 0.3 is 0 Å². The number of carbonyl (C=O) groups excluding carboxylic acids is 3. The van der Waals surface area contributed by atoms with Gasteiger partial charge in [0, 0.05) is 5.56 Å². The van der Waals surface area contributed by atoms with E-state index in [1.165, 1.54) is 36.4 Å². The Labute approximate surface area is 150 Å². The van der Waals surface area contributed by atoms with Crippen LogP contribution in [0.3, 0.4) is 0 Å². The van der Waals surface area contributed by atoms with Crippen LogP contribution in [0.5, 0.6) is 0 Å². The number of hydrogen-bond donors (Lipinski definition) is 2. The van der Waals surface area contributed by atoms with Crippen molar-refractivity contribution in [3.8, 4) is 0 Å². The molecule has 0 spiro atoms. The molecule has 2 aromatic rings. The Morgan fingerprint density at radius 1 is 1.04 bits per heavy atom. The first kappa shape index (κ1) is 17.8. The smallest absolute Gasteiger partial charge is 0.261 e. The highest BCUT2D eigenvalue weighted by atomic mass is 32.2. The number of nitrogens with one attached hydrogen (secondary N) is 2. The maximum absolute atomic E-state index is 12.5. The summed E-state index contributed by atoms with van der Waals surface area (Å²) in [5.74, 6) is -1.69. The van der Waals surface area contributed by atoms with Crippen molar-refractivity contribution < 1.29 is 22.8 Å². The van der Waals surface area contributed by atoms with Crippen molar-refractivity contribution in [2.24, 2.45) is 0 Å². The molecule has 134 valence electrons. The molecule has 1 heterocycles. The van der Waals surface area contributed by atoms with E-state index in [4.69, 9.17) is 0 Å². The Morgan fingerprint density at radius 3 is 2.42 bits per heavy atom. The number of hydrogen-bond acceptors (Lipinski definition) is 5. The van der Waals surface area contributed by atoms with Gasteiger partial charge in [0.15, 0.2) is 9.84 Å². The summed E-state index contributed by atoms with van der Waals surface area (Å²) in [5, 5.41) is 4.12. The highest BCUT2D eigenvalue weighted by Crippen LogP contribution is 2.25. The standard InChI is InChI=1S/C18H16N2O5S/c1-10(2)26(24,25)12-6-3-5-11(9-12)16(21)19-14-8-4-7-13-15(14)18(23)20-17(13)22/h3-10H,1-2H3,(H,19,21)(H,20,22,23). The van der Waals surface area contributed by atoms with E-state index in [9.17, 15) is 22.8 Å². The van der Waals surface area contributed by atoms with E-state index < -0.39 is 32.8 Å². The molecule has 7 nitrogen and oxygen atoms in total. The van der Waals surface area contributed by atoms with Crippen LogP contribution in [-0.4, -0.2) is 31.4 Å². The second-order valence-electron chi connectivity index (χ2n) is 6.09. The van der Waals surface area contributed by atoms with E-state index in [1.807, 2.05) is 0 Å². The molecule has 1 aliphatic heterocycles. The summed E-state index contributed by atoms with van der Waals surface area (Å²) in [7, 11) is -3.52. The topological polar surface area (TPSA) is 109 Å². The van der Waals surface area contributed by atoms with Crippen molar-refractivity contribution in [3.63, 3.8) is 0 Å². The molecule has 0 saturated carbocycles. The Kier molecular flexibility index (Phi) is 4.37. The van der Waals surface area contributed by atoms with Gasteiger partial charge in [0.25, 0.3) is 17.7 Å². The quantitative estimate of drug-likeness (QED) is 0.798. The van der Waals surface area contributed by atoms with Crippen LogP contribution in [-0.2, 0) is 9.84 Å². The maximum Gasteiger partial charge on any atom is 0.261 e. The molecule has 2 aromatic carbocycles. The lowest BCUT2D eigenvalue weighted by Crippen LogP contribution is -2.21. The third-order valence-electron chi connectivity index (χ3n) is 4.06. The molecule has 0 radical (unpaired) electrons. The second-order valence-corrected chi connectivity index (χ2v) is 8.59. The summed E-state index contributed by atoms with van der Waals surface area (Å²) < 4.78 is 24.6. The molecular formula is C18H16N2O5S. The van der Waals surface area contributed by atoms with E-state index in [0.29, 0.717) is 0 Å². The van der Waals surface area contributed by atoms with Crippen LogP contribution in [0.2, 0.25) is 0 Å². The zero-order chi connectivity index (χ0) is 19.1. The fourth-order valence-corrected chi connectivity index (χ4v) is 3.71. The van der Waals surface area contributed by atoms with Gasteiger partial charge in [-0.05, 0) is 44.2 Å². The lowest BCUT2D eigenvalue weighted by molar-refractivity contribution is 0.0879. The largest absolute Gasteiger partial charge is 0.321 e. The van der Waals surface area contributed by atoms with Crippen molar-refractivity contribution in [1.29, 1.82) is 0 Å². The third kappa shape index (κ3) is 2.99. The summed E-state index contributed by atoms with van der Waals surface area (Å²) in [5.41, 5.74) is 0.600. The molecule has 0 fully saturated rings. The highest BCUT2D eigenvalue weighted by molar-refractivity contribution is 7.92. The van der Waals surface area contributed by atoms with Crippen molar-refractivity contribution in [2.45, 2.75) is 24.0 Å². The number of imide groups is 1. The average molecular weight is 372 g/mol. The van der Waals surface area contributed by atoms with E-state index >= 15 is 0 Å². The van der Waals surface area contributed by atoms with E-state index in [-0.39, 0.29) is 27.3 Å². The normalized spacial score (nSPS) is 13.5. The van der Waals surface area contributed by atoms with Crippen LogP contribution in [0.15, 0.2) is 47.4 Å². The zero-order valence-corrected chi connectivity index (χ0v) is 14.9. The molecule has 2 N–H and O–H groups in total. The number of carbonyl (C=O) groups is 3. The molecule has 0 atom stereocenters. The van der Waals surface area contributed by atoms with Gasteiger partial charge in [0.2, 0.25) is 0 Å². The minimum atomic E-state index is -3.52. The van der Waals surface area contributed by atoms with Gasteiger partial charge in [-0.3, -0.25) is 19.7 Å². The average Bonchev–Trinajstić information content (AvgIpc) is 2.90. The molecule has 0 aliphatic carbocycles. The van der Waals surface area contributed by atoms with Crippen LogP contribution in [0.1, 0.15) is 44.9 Å². The summed E-state index contributed by atoms with van der Waals surface area (Å²) in [6.07, 6.45) is 0. The molecule has 0 unspecified atom stereocenters. The number of sulfone groups is 1. The highest BCUT2D eigenvalue weighted by Gasteiger charge is 2.30. The number of fused-ring (bicyclic) bond motifs is 1. The molecule has 26 heavy (non-hydrogen) atoms. The second kappa shape index (κ2) is 6.38. The first-order chi connectivity index (χ1) is 12.2. The molecular weight excluding hydrogens is 356 g/mol. The Bertz CT molecular complexity index is 1040.